The third-order valence-electron chi connectivity index (χ3n) is 4.29. The highest BCUT2D eigenvalue weighted by molar-refractivity contribution is 6.03. The van der Waals surface area contributed by atoms with Crippen LogP contribution in [0.3, 0.4) is 0 Å². The van der Waals surface area contributed by atoms with E-state index in [4.69, 9.17) is 9.47 Å². The third kappa shape index (κ3) is 4.93. The van der Waals surface area contributed by atoms with Crippen LogP contribution in [0.25, 0.3) is 10.9 Å². The van der Waals surface area contributed by atoms with E-state index in [0.29, 0.717) is 17.3 Å². The number of benzene rings is 1. The maximum absolute atomic E-state index is 12.3. The standard InChI is InChI=1S/C19H22N2O6/c1-4-11(2)17(19(25)26-3)21-16(23)10-27-18(24)13-9-15(22)20-14-8-6-5-7-12(13)14/h5-9,11,17H,4,10H2,1-3H3,(H,20,22)(H,21,23)/t11-,17+/m0/s1. The molecule has 2 aromatic rings. The second-order valence-electron chi connectivity index (χ2n) is 6.12. The van der Waals surface area contributed by atoms with Crippen LogP contribution >= 0.6 is 0 Å². The first-order valence-corrected chi connectivity index (χ1v) is 8.53. The number of fused-ring (bicyclic) bond motifs is 1. The van der Waals surface area contributed by atoms with Gasteiger partial charge in [0.15, 0.2) is 6.61 Å². The number of hydrogen-bond acceptors (Lipinski definition) is 6. The summed E-state index contributed by atoms with van der Waals surface area (Å²) in [5, 5.41) is 3.02. The minimum absolute atomic E-state index is 0.0635. The van der Waals surface area contributed by atoms with Crippen molar-refractivity contribution in [1.29, 1.82) is 0 Å². The molecule has 8 heteroatoms. The van der Waals surface area contributed by atoms with Gasteiger partial charge in [-0.25, -0.2) is 9.59 Å². The maximum Gasteiger partial charge on any atom is 0.339 e. The third-order valence-corrected chi connectivity index (χ3v) is 4.29. The molecule has 1 aromatic carbocycles. The summed E-state index contributed by atoms with van der Waals surface area (Å²) in [5.74, 6) is -2.14. The molecule has 0 fully saturated rings. The van der Waals surface area contributed by atoms with Gasteiger partial charge in [-0.3, -0.25) is 9.59 Å². The minimum atomic E-state index is -0.827. The number of carbonyl (C=O) groups is 3. The van der Waals surface area contributed by atoms with Crippen LogP contribution in [0.15, 0.2) is 35.1 Å². The average Bonchev–Trinajstić information content (AvgIpc) is 2.68. The lowest BCUT2D eigenvalue weighted by molar-refractivity contribution is -0.147. The van der Waals surface area contributed by atoms with E-state index in [-0.39, 0.29) is 11.5 Å². The number of aromatic nitrogens is 1. The van der Waals surface area contributed by atoms with Crippen molar-refractivity contribution in [2.75, 3.05) is 13.7 Å². The topological polar surface area (TPSA) is 115 Å². The van der Waals surface area contributed by atoms with E-state index in [9.17, 15) is 19.2 Å². The fraction of sp³-hybridized carbons (Fsp3) is 0.368. The van der Waals surface area contributed by atoms with Crippen LogP contribution in [0, 0.1) is 5.92 Å². The number of amides is 1. The quantitative estimate of drug-likeness (QED) is 0.708. The van der Waals surface area contributed by atoms with Crippen LogP contribution in [-0.2, 0) is 19.1 Å². The highest BCUT2D eigenvalue weighted by atomic mass is 16.5. The molecule has 0 aliphatic heterocycles. The summed E-state index contributed by atoms with van der Waals surface area (Å²) >= 11 is 0. The van der Waals surface area contributed by atoms with Gasteiger partial charge in [0.25, 0.3) is 5.91 Å². The normalized spacial score (nSPS) is 12.9. The molecule has 1 heterocycles. The lowest BCUT2D eigenvalue weighted by Crippen LogP contribution is -2.47. The van der Waals surface area contributed by atoms with Gasteiger partial charge >= 0.3 is 11.9 Å². The van der Waals surface area contributed by atoms with Gasteiger partial charge in [-0.1, -0.05) is 38.5 Å². The number of H-pyrrole nitrogens is 1. The second kappa shape index (κ2) is 8.98. The minimum Gasteiger partial charge on any atom is -0.467 e. The van der Waals surface area contributed by atoms with Crippen LogP contribution < -0.4 is 10.9 Å². The molecule has 8 nitrogen and oxygen atoms in total. The zero-order valence-electron chi connectivity index (χ0n) is 15.4. The Kier molecular flexibility index (Phi) is 6.70. The number of esters is 2. The number of ether oxygens (including phenoxy) is 2. The average molecular weight is 374 g/mol. The molecule has 2 rings (SSSR count). The molecule has 0 bridgehead atoms. The summed E-state index contributed by atoms with van der Waals surface area (Å²) in [5.41, 5.74) is 0.102. The Balaban J connectivity index is 2.08. The lowest BCUT2D eigenvalue weighted by atomic mass is 9.99. The molecule has 2 N–H and O–H groups in total. The number of pyridine rings is 1. The molecule has 2 atom stereocenters. The Morgan fingerprint density at radius 2 is 1.93 bits per heavy atom. The molecule has 27 heavy (non-hydrogen) atoms. The van der Waals surface area contributed by atoms with Crippen molar-refractivity contribution >= 4 is 28.7 Å². The predicted molar refractivity (Wildman–Crippen MR) is 98.3 cm³/mol. The molecule has 0 spiro atoms. The van der Waals surface area contributed by atoms with E-state index in [1.54, 1.807) is 31.2 Å². The molecule has 1 aromatic heterocycles. The van der Waals surface area contributed by atoms with Crippen LogP contribution in [0.1, 0.15) is 30.6 Å². The van der Waals surface area contributed by atoms with Crippen LogP contribution in [-0.4, -0.2) is 42.6 Å². The van der Waals surface area contributed by atoms with Crippen molar-refractivity contribution in [2.24, 2.45) is 5.92 Å². The summed E-state index contributed by atoms with van der Waals surface area (Å²) in [4.78, 5) is 50.6. The fourth-order valence-electron chi connectivity index (χ4n) is 2.59. The molecule has 0 aliphatic rings. The molecule has 0 saturated carbocycles. The predicted octanol–water partition coefficient (Wildman–Crippen LogP) is 1.39. The molecule has 0 aliphatic carbocycles. The number of hydrogen-bond donors (Lipinski definition) is 2. The zero-order valence-corrected chi connectivity index (χ0v) is 15.4. The first-order valence-electron chi connectivity index (χ1n) is 8.53. The molecule has 1 amide bonds. The molecule has 0 radical (unpaired) electrons. The van der Waals surface area contributed by atoms with Crippen molar-refractivity contribution in [3.8, 4) is 0 Å². The monoisotopic (exact) mass is 374 g/mol. The van der Waals surface area contributed by atoms with Crippen LogP contribution in [0.2, 0.25) is 0 Å². The number of rotatable bonds is 7. The first-order chi connectivity index (χ1) is 12.9. The maximum atomic E-state index is 12.3. The Morgan fingerprint density at radius 3 is 2.59 bits per heavy atom. The molecule has 144 valence electrons. The van der Waals surface area contributed by atoms with Crippen molar-refractivity contribution in [3.05, 3.63) is 46.2 Å². The Labute approximate surface area is 155 Å². The van der Waals surface area contributed by atoms with Gasteiger partial charge in [0.2, 0.25) is 5.56 Å². The van der Waals surface area contributed by atoms with E-state index in [0.717, 1.165) is 6.07 Å². The number of carbonyl (C=O) groups excluding carboxylic acids is 3. The highest BCUT2D eigenvalue weighted by Crippen LogP contribution is 2.15. The highest BCUT2D eigenvalue weighted by Gasteiger charge is 2.27. The smallest absolute Gasteiger partial charge is 0.339 e. The molecular formula is C19H22N2O6. The Morgan fingerprint density at radius 1 is 1.22 bits per heavy atom. The van der Waals surface area contributed by atoms with Gasteiger partial charge in [-0.15, -0.1) is 0 Å². The van der Waals surface area contributed by atoms with Gasteiger partial charge < -0.3 is 19.8 Å². The fourth-order valence-corrected chi connectivity index (χ4v) is 2.59. The van der Waals surface area contributed by atoms with Crippen molar-refractivity contribution in [3.63, 3.8) is 0 Å². The second-order valence-corrected chi connectivity index (χ2v) is 6.12. The van der Waals surface area contributed by atoms with E-state index < -0.39 is 36.1 Å². The molecule has 0 saturated heterocycles. The summed E-state index contributed by atoms with van der Waals surface area (Å²) in [6, 6.07) is 7.07. The zero-order chi connectivity index (χ0) is 20.0. The summed E-state index contributed by atoms with van der Waals surface area (Å²) < 4.78 is 9.72. The van der Waals surface area contributed by atoms with Crippen LogP contribution in [0.4, 0.5) is 0 Å². The summed E-state index contributed by atoms with van der Waals surface area (Å²) in [7, 11) is 1.24. The lowest BCUT2D eigenvalue weighted by Gasteiger charge is -2.21. The number of aromatic amines is 1. The SMILES string of the molecule is CC[C@H](C)[C@@H](NC(=O)COC(=O)c1cc(=O)[nH]c2ccccc12)C(=O)OC. The molecular weight excluding hydrogens is 352 g/mol. The van der Waals surface area contributed by atoms with Gasteiger partial charge in [0.05, 0.1) is 12.7 Å². The van der Waals surface area contributed by atoms with E-state index >= 15 is 0 Å². The Hall–Kier alpha value is -3.16. The Bertz CT molecular complexity index is 904. The van der Waals surface area contributed by atoms with Crippen LogP contribution in [0.5, 0.6) is 0 Å². The van der Waals surface area contributed by atoms with Gasteiger partial charge in [0, 0.05) is 17.0 Å². The summed E-state index contributed by atoms with van der Waals surface area (Å²) in [6.07, 6.45) is 0.651. The van der Waals surface area contributed by atoms with Crippen molar-refractivity contribution in [1.82, 2.24) is 10.3 Å². The van der Waals surface area contributed by atoms with E-state index in [1.165, 1.54) is 7.11 Å². The first kappa shape index (κ1) is 20.2. The van der Waals surface area contributed by atoms with Gasteiger partial charge in [0.1, 0.15) is 6.04 Å². The number of nitrogens with one attached hydrogen (secondary N) is 2. The van der Waals surface area contributed by atoms with Crippen molar-refractivity contribution < 1.29 is 23.9 Å². The van der Waals surface area contributed by atoms with E-state index in [1.807, 2.05) is 6.92 Å². The summed E-state index contributed by atoms with van der Waals surface area (Å²) in [6.45, 7) is 3.10. The van der Waals surface area contributed by atoms with Gasteiger partial charge in [-0.05, 0) is 12.0 Å². The van der Waals surface area contributed by atoms with Gasteiger partial charge in [-0.2, -0.15) is 0 Å². The molecule has 0 unspecified atom stereocenters. The largest absolute Gasteiger partial charge is 0.467 e. The number of methoxy groups -OCH3 is 1. The van der Waals surface area contributed by atoms with E-state index in [2.05, 4.69) is 10.3 Å². The number of para-hydroxylation sites is 1. The van der Waals surface area contributed by atoms with Crippen molar-refractivity contribution in [2.45, 2.75) is 26.3 Å².